The van der Waals surface area contributed by atoms with Crippen molar-refractivity contribution in [1.29, 1.82) is 0 Å². The molecule has 4 nitrogen and oxygen atoms in total. The van der Waals surface area contributed by atoms with E-state index in [1.165, 1.54) is 6.07 Å². The average Bonchev–Trinajstić information content (AvgIpc) is 2.34. The summed E-state index contributed by atoms with van der Waals surface area (Å²) in [6.45, 7) is 1.61. The lowest BCUT2D eigenvalue weighted by molar-refractivity contribution is -0.384. The van der Waals surface area contributed by atoms with E-state index in [0.29, 0.717) is 11.3 Å². The Balaban J connectivity index is 2.24. The lowest BCUT2D eigenvalue weighted by atomic mass is 10.1. The quantitative estimate of drug-likeness (QED) is 0.676. The fourth-order valence-electron chi connectivity index (χ4n) is 2.00. The van der Waals surface area contributed by atoms with Gasteiger partial charge in [-0.25, -0.2) is 4.39 Å². The normalized spacial score (nSPS) is 16.6. The van der Waals surface area contributed by atoms with E-state index in [2.05, 4.69) is 5.32 Å². The number of halogens is 1. The fourth-order valence-corrected chi connectivity index (χ4v) is 3.11. The van der Waals surface area contributed by atoms with Gasteiger partial charge in [0.15, 0.2) is 0 Å². The molecule has 0 bridgehead atoms. The molecule has 18 heavy (non-hydrogen) atoms. The molecule has 1 aromatic carbocycles. The van der Waals surface area contributed by atoms with Crippen molar-refractivity contribution < 1.29 is 9.31 Å². The molecule has 0 amide bonds. The SMILES string of the molecule is Cc1cc(NC2CCSCC2)c([N+](=O)[O-])cc1F. The van der Waals surface area contributed by atoms with Crippen molar-refractivity contribution in [2.75, 3.05) is 16.8 Å². The van der Waals surface area contributed by atoms with Crippen molar-refractivity contribution in [2.45, 2.75) is 25.8 Å². The van der Waals surface area contributed by atoms with Crippen LogP contribution in [0.25, 0.3) is 0 Å². The van der Waals surface area contributed by atoms with E-state index in [9.17, 15) is 14.5 Å². The molecule has 2 rings (SSSR count). The molecule has 0 unspecified atom stereocenters. The number of nitro groups is 1. The summed E-state index contributed by atoms with van der Waals surface area (Å²) in [6, 6.07) is 2.76. The summed E-state index contributed by atoms with van der Waals surface area (Å²) in [5.41, 5.74) is 0.667. The van der Waals surface area contributed by atoms with Crippen LogP contribution in [0.3, 0.4) is 0 Å². The van der Waals surface area contributed by atoms with Crippen LogP contribution in [0.15, 0.2) is 12.1 Å². The molecule has 1 N–H and O–H groups in total. The molecule has 0 spiro atoms. The van der Waals surface area contributed by atoms with Gasteiger partial charge in [0.05, 0.1) is 11.0 Å². The second-order valence-corrected chi connectivity index (χ2v) is 5.63. The molecule has 1 fully saturated rings. The Morgan fingerprint density at radius 3 is 2.72 bits per heavy atom. The lowest BCUT2D eigenvalue weighted by Crippen LogP contribution is -2.25. The maximum atomic E-state index is 13.4. The van der Waals surface area contributed by atoms with E-state index >= 15 is 0 Å². The molecular formula is C12H15FN2O2S. The Morgan fingerprint density at radius 1 is 1.44 bits per heavy atom. The number of thioether (sulfide) groups is 1. The topological polar surface area (TPSA) is 55.2 Å². The molecule has 1 heterocycles. The first kappa shape index (κ1) is 13.1. The number of rotatable bonds is 3. The largest absolute Gasteiger partial charge is 0.377 e. The van der Waals surface area contributed by atoms with Gasteiger partial charge < -0.3 is 5.32 Å². The van der Waals surface area contributed by atoms with E-state index in [1.807, 2.05) is 11.8 Å². The fraction of sp³-hybridized carbons (Fsp3) is 0.500. The molecule has 0 aliphatic carbocycles. The summed E-state index contributed by atoms with van der Waals surface area (Å²) in [4.78, 5) is 10.4. The minimum Gasteiger partial charge on any atom is -0.377 e. The van der Waals surface area contributed by atoms with Crippen LogP contribution in [0.4, 0.5) is 15.8 Å². The van der Waals surface area contributed by atoms with Gasteiger partial charge in [-0.15, -0.1) is 0 Å². The first-order valence-corrected chi connectivity index (χ1v) is 7.02. The molecule has 1 aliphatic rings. The standard InChI is InChI=1S/C12H15FN2O2S/c1-8-6-11(12(15(16)17)7-10(8)13)14-9-2-4-18-5-3-9/h6-7,9,14H,2-5H2,1H3. The predicted octanol–water partition coefficient (Wildman–Crippen LogP) is 3.35. The van der Waals surface area contributed by atoms with Gasteiger partial charge in [0.25, 0.3) is 5.69 Å². The van der Waals surface area contributed by atoms with Gasteiger partial charge in [-0.3, -0.25) is 10.1 Å². The molecular weight excluding hydrogens is 255 g/mol. The van der Waals surface area contributed by atoms with Crippen LogP contribution >= 0.6 is 11.8 Å². The minimum absolute atomic E-state index is 0.184. The third-order valence-electron chi connectivity index (χ3n) is 3.05. The number of nitrogens with one attached hydrogen (secondary N) is 1. The molecule has 6 heteroatoms. The van der Waals surface area contributed by atoms with E-state index in [0.717, 1.165) is 30.4 Å². The van der Waals surface area contributed by atoms with Gasteiger partial charge in [-0.05, 0) is 42.9 Å². The van der Waals surface area contributed by atoms with E-state index < -0.39 is 10.7 Å². The molecule has 0 atom stereocenters. The number of hydrogen-bond donors (Lipinski definition) is 1. The van der Waals surface area contributed by atoms with Crippen LogP contribution < -0.4 is 5.32 Å². The molecule has 1 aliphatic heterocycles. The molecule has 98 valence electrons. The number of benzene rings is 1. The van der Waals surface area contributed by atoms with Crippen LogP contribution in [0.1, 0.15) is 18.4 Å². The summed E-state index contributed by atoms with van der Waals surface area (Å²) in [6.07, 6.45) is 1.97. The zero-order valence-corrected chi connectivity index (χ0v) is 10.9. The highest BCUT2D eigenvalue weighted by Crippen LogP contribution is 2.30. The molecule has 0 aromatic heterocycles. The molecule has 0 radical (unpaired) electrons. The van der Waals surface area contributed by atoms with Gasteiger partial charge in [-0.2, -0.15) is 11.8 Å². The van der Waals surface area contributed by atoms with Crippen molar-refractivity contribution in [1.82, 2.24) is 0 Å². The van der Waals surface area contributed by atoms with Crippen LogP contribution in [-0.2, 0) is 0 Å². The second-order valence-electron chi connectivity index (χ2n) is 4.41. The highest BCUT2D eigenvalue weighted by atomic mass is 32.2. The summed E-state index contributed by atoms with van der Waals surface area (Å²) in [5.74, 6) is 1.59. The first-order chi connectivity index (χ1) is 8.58. The van der Waals surface area contributed by atoms with Gasteiger partial charge in [0, 0.05) is 6.04 Å². The monoisotopic (exact) mass is 270 g/mol. The maximum Gasteiger partial charge on any atom is 0.295 e. The predicted molar refractivity (Wildman–Crippen MR) is 71.8 cm³/mol. The summed E-state index contributed by atoms with van der Waals surface area (Å²) >= 11 is 1.89. The lowest BCUT2D eigenvalue weighted by Gasteiger charge is -2.23. The van der Waals surface area contributed by atoms with Crippen molar-refractivity contribution in [3.8, 4) is 0 Å². The Kier molecular flexibility index (Phi) is 4.06. The third kappa shape index (κ3) is 2.93. The Labute approximate surface area is 109 Å². The van der Waals surface area contributed by atoms with Gasteiger partial charge in [-0.1, -0.05) is 0 Å². The number of nitrogens with zero attached hydrogens (tertiary/aromatic N) is 1. The van der Waals surface area contributed by atoms with E-state index in [4.69, 9.17) is 0 Å². The van der Waals surface area contributed by atoms with Crippen molar-refractivity contribution in [3.05, 3.63) is 33.6 Å². The number of aryl methyl sites for hydroxylation is 1. The van der Waals surface area contributed by atoms with Crippen LogP contribution in [0, 0.1) is 22.9 Å². The summed E-state index contributed by atoms with van der Waals surface area (Å²) < 4.78 is 13.4. The molecule has 1 saturated heterocycles. The van der Waals surface area contributed by atoms with E-state index in [1.54, 1.807) is 6.92 Å². The second kappa shape index (κ2) is 5.56. The number of hydrogen-bond acceptors (Lipinski definition) is 4. The maximum absolute atomic E-state index is 13.4. The first-order valence-electron chi connectivity index (χ1n) is 5.86. The third-order valence-corrected chi connectivity index (χ3v) is 4.10. The average molecular weight is 270 g/mol. The van der Waals surface area contributed by atoms with Gasteiger partial charge in [0.2, 0.25) is 0 Å². The van der Waals surface area contributed by atoms with Crippen molar-refractivity contribution in [3.63, 3.8) is 0 Å². The van der Waals surface area contributed by atoms with Crippen LogP contribution in [0.5, 0.6) is 0 Å². The highest BCUT2D eigenvalue weighted by molar-refractivity contribution is 7.99. The van der Waals surface area contributed by atoms with Crippen LogP contribution in [-0.4, -0.2) is 22.5 Å². The zero-order chi connectivity index (χ0) is 13.1. The zero-order valence-electron chi connectivity index (χ0n) is 10.1. The Morgan fingerprint density at radius 2 is 2.11 bits per heavy atom. The Hall–Kier alpha value is -1.30. The van der Waals surface area contributed by atoms with Gasteiger partial charge >= 0.3 is 0 Å². The summed E-state index contributed by atoms with van der Waals surface area (Å²) in [7, 11) is 0. The molecule has 0 saturated carbocycles. The smallest absolute Gasteiger partial charge is 0.295 e. The van der Waals surface area contributed by atoms with Crippen molar-refractivity contribution >= 4 is 23.1 Å². The van der Waals surface area contributed by atoms with E-state index in [-0.39, 0.29) is 11.7 Å². The Bertz CT molecular complexity index is 462. The van der Waals surface area contributed by atoms with Crippen LogP contribution in [0.2, 0.25) is 0 Å². The summed E-state index contributed by atoms with van der Waals surface area (Å²) in [5, 5.41) is 14.1. The highest BCUT2D eigenvalue weighted by Gasteiger charge is 2.21. The number of anilines is 1. The number of nitro benzene ring substituents is 1. The van der Waals surface area contributed by atoms with Crippen molar-refractivity contribution in [2.24, 2.45) is 0 Å². The molecule has 1 aromatic rings. The minimum atomic E-state index is -0.539. The van der Waals surface area contributed by atoms with Gasteiger partial charge in [0.1, 0.15) is 11.5 Å².